The lowest BCUT2D eigenvalue weighted by Crippen LogP contribution is -2.45. The first kappa shape index (κ1) is 16.5. The highest BCUT2D eigenvalue weighted by atomic mass is 32.2. The molecule has 0 aromatic heterocycles. The topological polar surface area (TPSA) is 49.4 Å². The average Bonchev–Trinajstić information content (AvgIpc) is 2.44. The Kier molecular flexibility index (Phi) is 6.21. The van der Waals surface area contributed by atoms with Crippen LogP contribution < -0.4 is 5.32 Å². The van der Waals surface area contributed by atoms with Crippen LogP contribution in [0.5, 0.6) is 0 Å². The molecule has 1 heterocycles. The summed E-state index contributed by atoms with van der Waals surface area (Å²) >= 11 is 0. The van der Waals surface area contributed by atoms with Gasteiger partial charge in [-0.05, 0) is 37.9 Å². The smallest absolute Gasteiger partial charge is 0.147 e. The lowest BCUT2D eigenvalue weighted by atomic mass is 10.0. The Labute approximate surface area is 128 Å². The van der Waals surface area contributed by atoms with Gasteiger partial charge in [0.2, 0.25) is 0 Å². The highest BCUT2D eigenvalue weighted by molar-refractivity contribution is 7.90. The standard InChI is InChI=1S/C16H26N2O2S/c1-21(19,20)12-6-10-17-16-9-5-11-18(14-16)13-15-7-3-2-4-8-15/h2-4,7-8,16-17H,5-6,9-14H2,1H3. The molecule has 0 aliphatic carbocycles. The minimum absolute atomic E-state index is 0.278. The van der Waals surface area contributed by atoms with Crippen molar-refractivity contribution in [3.8, 4) is 0 Å². The van der Waals surface area contributed by atoms with Crippen LogP contribution in [-0.2, 0) is 16.4 Å². The Morgan fingerprint density at radius 3 is 2.76 bits per heavy atom. The number of hydrogen-bond donors (Lipinski definition) is 1. The van der Waals surface area contributed by atoms with Crippen LogP contribution >= 0.6 is 0 Å². The summed E-state index contributed by atoms with van der Waals surface area (Å²) in [6.45, 7) is 3.99. The summed E-state index contributed by atoms with van der Waals surface area (Å²) in [5, 5.41) is 3.50. The molecule has 4 nitrogen and oxygen atoms in total. The minimum Gasteiger partial charge on any atom is -0.313 e. The number of benzene rings is 1. The molecule has 2 rings (SSSR count). The molecule has 1 aromatic carbocycles. The van der Waals surface area contributed by atoms with Crippen molar-refractivity contribution < 1.29 is 8.42 Å². The molecule has 0 bridgehead atoms. The summed E-state index contributed by atoms with van der Waals surface area (Å²) in [6, 6.07) is 11.0. The van der Waals surface area contributed by atoms with Crippen LogP contribution in [0.1, 0.15) is 24.8 Å². The van der Waals surface area contributed by atoms with Crippen molar-refractivity contribution in [1.29, 1.82) is 0 Å². The fraction of sp³-hybridized carbons (Fsp3) is 0.625. The molecular weight excluding hydrogens is 284 g/mol. The predicted octanol–water partition coefficient (Wildman–Crippen LogP) is 1.68. The first-order chi connectivity index (χ1) is 10.0. The molecule has 0 spiro atoms. The molecule has 5 heteroatoms. The lowest BCUT2D eigenvalue weighted by Gasteiger charge is -2.33. The van der Waals surface area contributed by atoms with Gasteiger partial charge in [0.1, 0.15) is 9.84 Å². The van der Waals surface area contributed by atoms with Gasteiger partial charge in [-0.3, -0.25) is 4.90 Å². The maximum atomic E-state index is 11.1. The van der Waals surface area contributed by atoms with E-state index in [2.05, 4.69) is 34.5 Å². The molecule has 0 radical (unpaired) electrons. The van der Waals surface area contributed by atoms with E-state index >= 15 is 0 Å². The van der Waals surface area contributed by atoms with E-state index < -0.39 is 9.84 Å². The predicted molar refractivity (Wildman–Crippen MR) is 87.1 cm³/mol. The zero-order chi connectivity index (χ0) is 15.1. The van der Waals surface area contributed by atoms with Crippen LogP contribution in [0.25, 0.3) is 0 Å². The van der Waals surface area contributed by atoms with Crippen molar-refractivity contribution in [2.45, 2.75) is 31.8 Å². The van der Waals surface area contributed by atoms with Crippen LogP contribution in [0.4, 0.5) is 0 Å². The third kappa shape index (κ3) is 6.59. The summed E-state index contributed by atoms with van der Waals surface area (Å²) in [5.74, 6) is 0.278. The quantitative estimate of drug-likeness (QED) is 0.779. The fourth-order valence-electron chi connectivity index (χ4n) is 2.85. The SMILES string of the molecule is CS(=O)(=O)CCCNC1CCCN(Cc2ccccc2)C1. The Bertz CT molecular complexity index is 516. The second kappa shape index (κ2) is 7.92. The number of nitrogens with one attached hydrogen (secondary N) is 1. The Morgan fingerprint density at radius 1 is 1.29 bits per heavy atom. The molecule has 1 saturated heterocycles. The van der Waals surface area contributed by atoms with Crippen molar-refractivity contribution in [3.63, 3.8) is 0 Å². The molecule has 1 aromatic rings. The van der Waals surface area contributed by atoms with Crippen molar-refractivity contribution in [3.05, 3.63) is 35.9 Å². The molecule has 21 heavy (non-hydrogen) atoms. The number of rotatable bonds is 7. The van der Waals surface area contributed by atoms with Gasteiger partial charge in [-0.15, -0.1) is 0 Å². The molecular formula is C16H26N2O2S. The average molecular weight is 310 g/mol. The van der Waals surface area contributed by atoms with Gasteiger partial charge in [-0.2, -0.15) is 0 Å². The third-order valence-corrected chi connectivity index (χ3v) is 4.91. The summed E-state index contributed by atoms with van der Waals surface area (Å²) in [4.78, 5) is 2.48. The Hall–Kier alpha value is -0.910. The molecule has 0 amide bonds. The highest BCUT2D eigenvalue weighted by Gasteiger charge is 2.19. The minimum atomic E-state index is -2.83. The van der Waals surface area contributed by atoms with E-state index in [1.165, 1.54) is 24.7 Å². The largest absolute Gasteiger partial charge is 0.313 e. The zero-order valence-corrected chi connectivity index (χ0v) is 13.6. The zero-order valence-electron chi connectivity index (χ0n) is 12.8. The van der Waals surface area contributed by atoms with Gasteiger partial charge < -0.3 is 5.32 Å². The van der Waals surface area contributed by atoms with E-state index in [1.807, 2.05) is 6.07 Å². The van der Waals surface area contributed by atoms with Gasteiger partial charge in [-0.1, -0.05) is 30.3 Å². The Balaban J connectivity index is 1.71. The van der Waals surface area contributed by atoms with Crippen LogP contribution in [0, 0.1) is 0 Å². The summed E-state index contributed by atoms with van der Waals surface area (Å²) in [7, 11) is -2.83. The lowest BCUT2D eigenvalue weighted by molar-refractivity contribution is 0.183. The molecule has 1 aliphatic heterocycles. The van der Waals surface area contributed by atoms with Crippen LogP contribution in [-0.4, -0.2) is 51.0 Å². The van der Waals surface area contributed by atoms with E-state index in [9.17, 15) is 8.42 Å². The second-order valence-electron chi connectivity index (χ2n) is 6.00. The number of sulfone groups is 1. The van der Waals surface area contributed by atoms with Gasteiger partial charge in [0.25, 0.3) is 0 Å². The van der Waals surface area contributed by atoms with E-state index in [-0.39, 0.29) is 5.75 Å². The van der Waals surface area contributed by atoms with Crippen molar-refractivity contribution in [1.82, 2.24) is 10.2 Å². The first-order valence-corrected chi connectivity index (χ1v) is 9.76. The van der Waals surface area contributed by atoms with Crippen molar-refractivity contribution in [2.75, 3.05) is 31.6 Å². The summed E-state index contributed by atoms with van der Waals surface area (Å²) in [6.07, 6.45) is 4.39. The summed E-state index contributed by atoms with van der Waals surface area (Å²) in [5.41, 5.74) is 1.36. The van der Waals surface area contributed by atoms with Gasteiger partial charge in [0, 0.05) is 25.4 Å². The first-order valence-electron chi connectivity index (χ1n) is 7.70. The number of piperidine rings is 1. The van der Waals surface area contributed by atoms with E-state index in [0.29, 0.717) is 12.5 Å². The number of nitrogens with zero attached hydrogens (tertiary/aromatic N) is 1. The molecule has 1 unspecified atom stereocenters. The van der Waals surface area contributed by atoms with E-state index in [0.717, 1.165) is 26.2 Å². The summed E-state index contributed by atoms with van der Waals surface area (Å²) < 4.78 is 22.2. The van der Waals surface area contributed by atoms with Gasteiger partial charge in [-0.25, -0.2) is 8.42 Å². The van der Waals surface area contributed by atoms with Crippen molar-refractivity contribution in [2.24, 2.45) is 0 Å². The normalized spacial score (nSPS) is 20.5. The Morgan fingerprint density at radius 2 is 2.05 bits per heavy atom. The van der Waals surface area contributed by atoms with E-state index in [4.69, 9.17) is 0 Å². The van der Waals surface area contributed by atoms with Gasteiger partial charge in [0.05, 0.1) is 5.75 Å². The van der Waals surface area contributed by atoms with Crippen LogP contribution in [0.2, 0.25) is 0 Å². The number of hydrogen-bond acceptors (Lipinski definition) is 4. The van der Waals surface area contributed by atoms with Crippen molar-refractivity contribution >= 4 is 9.84 Å². The monoisotopic (exact) mass is 310 g/mol. The molecule has 118 valence electrons. The van der Waals surface area contributed by atoms with E-state index in [1.54, 1.807) is 0 Å². The molecule has 1 aliphatic rings. The molecule has 1 fully saturated rings. The van der Waals surface area contributed by atoms with Gasteiger partial charge >= 0.3 is 0 Å². The van der Waals surface area contributed by atoms with Gasteiger partial charge in [0.15, 0.2) is 0 Å². The molecule has 0 saturated carbocycles. The third-order valence-electron chi connectivity index (χ3n) is 3.88. The number of likely N-dealkylation sites (tertiary alicyclic amines) is 1. The highest BCUT2D eigenvalue weighted by Crippen LogP contribution is 2.13. The fourth-order valence-corrected chi connectivity index (χ4v) is 3.52. The maximum absolute atomic E-state index is 11.1. The molecule has 1 N–H and O–H groups in total. The van der Waals surface area contributed by atoms with Crippen LogP contribution in [0.15, 0.2) is 30.3 Å². The second-order valence-corrected chi connectivity index (χ2v) is 8.26. The molecule has 1 atom stereocenters. The maximum Gasteiger partial charge on any atom is 0.147 e. The van der Waals surface area contributed by atoms with Crippen LogP contribution in [0.3, 0.4) is 0 Å².